The third kappa shape index (κ3) is 3.51. The fraction of sp³-hybridized carbons (Fsp3) is 0.188. The molecule has 0 aliphatic carbocycles. The van der Waals surface area contributed by atoms with Crippen LogP contribution in [0.1, 0.15) is 21.5 Å². The highest BCUT2D eigenvalue weighted by Gasteiger charge is 2.07. The SMILES string of the molecule is Cc1cccc(CCNc2cc(N)ccc2C(N)=O)c1. The molecule has 0 aliphatic heterocycles. The maximum absolute atomic E-state index is 11.4. The van der Waals surface area contributed by atoms with E-state index in [0.717, 1.165) is 6.42 Å². The molecule has 2 aromatic carbocycles. The van der Waals surface area contributed by atoms with Gasteiger partial charge in [-0.3, -0.25) is 4.79 Å². The lowest BCUT2D eigenvalue weighted by molar-refractivity contribution is 0.100. The van der Waals surface area contributed by atoms with Gasteiger partial charge in [0.2, 0.25) is 0 Å². The number of nitrogens with two attached hydrogens (primary N) is 2. The lowest BCUT2D eigenvalue weighted by Gasteiger charge is -2.11. The van der Waals surface area contributed by atoms with Crippen molar-refractivity contribution in [2.24, 2.45) is 5.73 Å². The zero-order valence-electron chi connectivity index (χ0n) is 11.5. The van der Waals surface area contributed by atoms with E-state index in [-0.39, 0.29) is 0 Å². The van der Waals surface area contributed by atoms with Crippen molar-refractivity contribution in [3.63, 3.8) is 0 Å². The Morgan fingerprint density at radius 3 is 2.70 bits per heavy atom. The van der Waals surface area contributed by atoms with Crippen molar-refractivity contribution in [3.8, 4) is 0 Å². The molecule has 1 amide bonds. The Morgan fingerprint density at radius 2 is 2.00 bits per heavy atom. The van der Waals surface area contributed by atoms with Crippen molar-refractivity contribution in [2.45, 2.75) is 13.3 Å². The summed E-state index contributed by atoms with van der Waals surface area (Å²) >= 11 is 0. The van der Waals surface area contributed by atoms with Gasteiger partial charge in [0.05, 0.1) is 5.56 Å². The number of hydrogen-bond acceptors (Lipinski definition) is 3. The van der Waals surface area contributed by atoms with Gasteiger partial charge in [0.15, 0.2) is 0 Å². The van der Waals surface area contributed by atoms with Gasteiger partial charge in [0.1, 0.15) is 0 Å². The van der Waals surface area contributed by atoms with Gasteiger partial charge in [-0.1, -0.05) is 29.8 Å². The fourth-order valence-corrected chi connectivity index (χ4v) is 2.13. The number of rotatable bonds is 5. The molecule has 0 unspecified atom stereocenters. The van der Waals surface area contributed by atoms with E-state index >= 15 is 0 Å². The lowest BCUT2D eigenvalue weighted by atomic mass is 10.1. The van der Waals surface area contributed by atoms with Crippen molar-refractivity contribution in [1.82, 2.24) is 0 Å². The predicted molar refractivity (Wildman–Crippen MR) is 82.7 cm³/mol. The molecule has 0 fully saturated rings. The number of nitrogen functional groups attached to an aromatic ring is 1. The van der Waals surface area contributed by atoms with Crippen LogP contribution in [0, 0.1) is 6.92 Å². The van der Waals surface area contributed by atoms with Crippen LogP contribution >= 0.6 is 0 Å². The fourth-order valence-electron chi connectivity index (χ4n) is 2.13. The highest BCUT2D eigenvalue weighted by atomic mass is 16.1. The predicted octanol–water partition coefficient (Wildman–Crippen LogP) is 2.33. The first-order chi connectivity index (χ1) is 9.56. The van der Waals surface area contributed by atoms with E-state index in [0.29, 0.717) is 23.5 Å². The van der Waals surface area contributed by atoms with Gasteiger partial charge in [-0.25, -0.2) is 0 Å². The van der Waals surface area contributed by atoms with Crippen LogP contribution in [0.15, 0.2) is 42.5 Å². The van der Waals surface area contributed by atoms with Gasteiger partial charge in [0.25, 0.3) is 5.91 Å². The van der Waals surface area contributed by atoms with E-state index < -0.39 is 5.91 Å². The van der Waals surface area contributed by atoms with Crippen molar-refractivity contribution >= 4 is 17.3 Å². The largest absolute Gasteiger partial charge is 0.399 e. The molecule has 20 heavy (non-hydrogen) atoms. The van der Waals surface area contributed by atoms with Crippen molar-refractivity contribution in [3.05, 3.63) is 59.2 Å². The standard InChI is InChI=1S/C16H19N3O/c1-11-3-2-4-12(9-11)7-8-19-15-10-13(17)5-6-14(15)16(18)20/h2-6,9-10,19H,7-8,17H2,1H3,(H2,18,20). The number of benzene rings is 2. The molecule has 0 radical (unpaired) electrons. The minimum atomic E-state index is -0.456. The second-order valence-electron chi connectivity index (χ2n) is 4.84. The quantitative estimate of drug-likeness (QED) is 0.729. The van der Waals surface area contributed by atoms with Gasteiger partial charge in [-0.05, 0) is 37.1 Å². The molecule has 2 aromatic rings. The van der Waals surface area contributed by atoms with E-state index in [1.165, 1.54) is 11.1 Å². The van der Waals surface area contributed by atoms with Crippen LogP contribution in [0.2, 0.25) is 0 Å². The maximum Gasteiger partial charge on any atom is 0.250 e. The van der Waals surface area contributed by atoms with Gasteiger partial charge in [-0.15, -0.1) is 0 Å². The Bertz CT molecular complexity index is 623. The number of hydrogen-bond donors (Lipinski definition) is 3. The Labute approximate surface area is 118 Å². The first-order valence-corrected chi connectivity index (χ1v) is 6.55. The summed E-state index contributed by atoms with van der Waals surface area (Å²) in [5.74, 6) is -0.456. The van der Waals surface area contributed by atoms with Gasteiger partial charge >= 0.3 is 0 Å². The summed E-state index contributed by atoms with van der Waals surface area (Å²) < 4.78 is 0. The minimum absolute atomic E-state index is 0.456. The Morgan fingerprint density at radius 1 is 1.20 bits per heavy atom. The summed E-state index contributed by atoms with van der Waals surface area (Å²) in [4.78, 5) is 11.4. The molecule has 4 heteroatoms. The first-order valence-electron chi connectivity index (χ1n) is 6.55. The first kappa shape index (κ1) is 13.9. The average molecular weight is 269 g/mol. The van der Waals surface area contributed by atoms with Crippen LogP contribution in [0.25, 0.3) is 0 Å². The van der Waals surface area contributed by atoms with Crippen molar-refractivity contribution in [1.29, 1.82) is 0 Å². The van der Waals surface area contributed by atoms with Gasteiger partial charge in [-0.2, -0.15) is 0 Å². The van der Waals surface area contributed by atoms with Crippen molar-refractivity contribution in [2.75, 3.05) is 17.6 Å². The summed E-state index contributed by atoms with van der Waals surface area (Å²) in [6.45, 7) is 2.78. The summed E-state index contributed by atoms with van der Waals surface area (Å²) in [6.07, 6.45) is 0.870. The molecule has 0 bridgehead atoms. The highest BCUT2D eigenvalue weighted by molar-refractivity contribution is 5.99. The molecular formula is C16H19N3O. The number of aryl methyl sites for hydroxylation is 1. The maximum atomic E-state index is 11.4. The highest BCUT2D eigenvalue weighted by Crippen LogP contribution is 2.19. The smallest absolute Gasteiger partial charge is 0.250 e. The van der Waals surface area contributed by atoms with Crippen molar-refractivity contribution < 1.29 is 4.79 Å². The second-order valence-corrected chi connectivity index (χ2v) is 4.84. The molecule has 0 atom stereocenters. The molecule has 0 aliphatic rings. The van der Waals surface area contributed by atoms with Crippen LogP contribution in [0.4, 0.5) is 11.4 Å². The summed E-state index contributed by atoms with van der Waals surface area (Å²) in [5, 5.41) is 3.22. The Hall–Kier alpha value is -2.49. The topological polar surface area (TPSA) is 81.1 Å². The zero-order chi connectivity index (χ0) is 14.5. The molecule has 0 saturated carbocycles. The van der Waals surface area contributed by atoms with E-state index in [9.17, 15) is 4.79 Å². The number of carbonyl (C=O) groups excluding carboxylic acids is 1. The molecule has 0 spiro atoms. The summed E-state index contributed by atoms with van der Waals surface area (Å²) in [6, 6.07) is 13.4. The van der Waals surface area contributed by atoms with E-state index in [1.807, 2.05) is 6.07 Å². The summed E-state index contributed by atoms with van der Waals surface area (Å²) in [7, 11) is 0. The van der Waals surface area contributed by atoms with Crippen LogP contribution < -0.4 is 16.8 Å². The lowest BCUT2D eigenvalue weighted by Crippen LogP contribution is -2.15. The molecule has 2 rings (SSSR count). The van der Waals surface area contributed by atoms with Crippen LogP contribution in [0.3, 0.4) is 0 Å². The molecule has 4 nitrogen and oxygen atoms in total. The molecule has 0 aromatic heterocycles. The Kier molecular flexibility index (Phi) is 4.25. The second kappa shape index (κ2) is 6.10. The van der Waals surface area contributed by atoms with Crippen LogP contribution in [0.5, 0.6) is 0 Å². The van der Waals surface area contributed by atoms with E-state index in [4.69, 9.17) is 11.5 Å². The van der Waals surface area contributed by atoms with Gasteiger partial charge in [0, 0.05) is 17.9 Å². The normalized spacial score (nSPS) is 10.2. The monoisotopic (exact) mass is 269 g/mol. The number of carbonyl (C=O) groups is 1. The third-order valence-electron chi connectivity index (χ3n) is 3.12. The number of amides is 1. The zero-order valence-corrected chi connectivity index (χ0v) is 11.5. The van der Waals surface area contributed by atoms with E-state index in [1.54, 1.807) is 18.2 Å². The van der Waals surface area contributed by atoms with Crippen LogP contribution in [-0.2, 0) is 6.42 Å². The van der Waals surface area contributed by atoms with Crippen LogP contribution in [-0.4, -0.2) is 12.5 Å². The number of primary amides is 1. The number of anilines is 2. The van der Waals surface area contributed by atoms with E-state index in [2.05, 4.69) is 30.4 Å². The summed E-state index contributed by atoms with van der Waals surface area (Å²) in [5.41, 5.74) is 15.3. The minimum Gasteiger partial charge on any atom is -0.399 e. The molecule has 104 valence electrons. The molecule has 0 saturated heterocycles. The number of nitrogens with one attached hydrogen (secondary N) is 1. The third-order valence-corrected chi connectivity index (χ3v) is 3.12. The molecular weight excluding hydrogens is 250 g/mol. The molecule has 5 N–H and O–H groups in total. The average Bonchev–Trinajstić information content (AvgIpc) is 2.38. The van der Waals surface area contributed by atoms with Gasteiger partial charge < -0.3 is 16.8 Å². The molecule has 0 heterocycles. The Balaban J connectivity index is 2.04.